The Morgan fingerprint density at radius 3 is 2.76 bits per heavy atom. The van der Waals surface area contributed by atoms with Gasteiger partial charge in [-0.2, -0.15) is 0 Å². The fourth-order valence-corrected chi connectivity index (χ4v) is 3.90. The molecule has 114 valence electrons. The molecule has 0 unspecified atom stereocenters. The molecule has 0 radical (unpaired) electrons. The van der Waals surface area contributed by atoms with Crippen molar-refractivity contribution in [3.8, 4) is 0 Å². The van der Waals surface area contributed by atoms with Crippen LogP contribution in [0.2, 0.25) is 0 Å². The van der Waals surface area contributed by atoms with Gasteiger partial charge < -0.3 is 4.90 Å². The molecule has 3 heterocycles. The van der Waals surface area contributed by atoms with E-state index in [9.17, 15) is 8.42 Å². The lowest BCUT2D eigenvalue weighted by atomic mass is 10.2. The van der Waals surface area contributed by atoms with Gasteiger partial charge in [-0.25, -0.2) is 13.4 Å². The zero-order valence-electron chi connectivity index (χ0n) is 12.2. The van der Waals surface area contributed by atoms with Crippen molar-refractivity contribution >= 4 is 21.3 Å². The Hall–Kier alpha value is -1.70. The zero-order chi connectivity index (χ0) is 15.0. The molecule has 0 amide bonds. The number of hydrogen-bond donors (Lipinski definition) is 0. The number of rotatable bonds is 2. The van der Waals surface area contributed by atoms with Crippen LogP contribution in [0.25, 0.3) is 5.65 Å². The third-order valence-corrected chi connectivity index (χ3v) is 5.59. The molecule has 7 nitrogen and oxygen atoms in total. The van der Waals surface area contributed by atoms with E-state index in [2.05, 4.69) is 20.1 Å². The first-order valence-electron chi connectivity index (χ1n) is 7.08. The summed E-state index contributed by atoms with van der Waals surface area (Å²) in [5.74, 6) is 1.51. The van der Waals surface area contributed by atoms with Crippen molar-refractivity contribution in [2.24, 2.45) is 0 Å². The van der Waals surface area contributed by atoms with Gasteiger partial charge in [0.25, 0.3) is 0 Å². The summed E-state index contributed by atoms with van der Waals surface area (Å²) < 4.78 is 24.9. The van der Waals surface area contributed by atoms with Crippen molar-refractivity contribution < 1.29 is 8.42 Å². The van der Waals surface area contributed by atoms with Gasteiger partial charge in [0.2, 0.25) is 0 Å². The molecule has 1 aliphatic heterocycles. The molecule has 1 fully saturated rings. The van der Waals surface area contributed by atoms with E-state index in [4.69, 9.17) is 0 Å². The van der Waals surface area contributed by atoms with Crippen LogP contribution in [0.3, 0.4) is 0 Å². The normalized spacial score (nSPS) is 20.7. The summed E-state index contributed by atoms with van der Waals surface area (Å²) >= 11 is 0. The molecule has 2 aromatic heterocycles. The summed E-state index contributed by atoms with van der Waals surface area (Å²) in [4.78, 5) is 6.38. The average molecular weight is 309 g/mol. The smallest absolute Gasteiger partial charge is 0.176 e. The first kappa shape index (κ1) is 14.2. The van der Waals surface area contributed by atoms with E-state index in [0.29, 0.717) is 18.8 Å². The molecule has 8 heteroatoms. The zero-order valence-corrected chi connectivity index (χ0v) is 13.0. The molecule has 0 N–H and O–H groups in total. The quantitative estimate of drug-likeness (QED) is 0.817. The fourth-order valence-electron chi connectivity index (χ4n) is 2.77. The van der Waals surface area contributed by atoms with Crippen LogP contribution >= 0.6 is 0 Å². The van der Waals surface area contributed by atoms with Gasteiger partial charge in [0, 0.05) is 19.3 Å². The summed E-state index contributed by atoms with van der Waals surface area (Å²) in [6.45, 7) is 3.35. The van der Waals surface area contributed by atoms with Crippen LogP contribution in [0.1, 0.15) is 25.1 Å². The van der Waals surface area contributed by atoms with Crippen LogP contribution in [0, 0.1) is 6.92 Å². The number of anilines is 1. The van der Waals surface area contributed by atoms with E-state index < -0.39 is 9.84 Å². The van der Waals surface area contributed by atoms with Gasteiger partial charge in [0.05, 0.1) is 5.25 Å². The minimum absolute atomic E-state index is 0.236. The second-order valence-electron chi connectivity index (χ2n) is 5.57. The number of nitrogens with zero attached hydrogens (tertiary/aromatic N) is 5. The Morgan fingerprint density at radius 2 is 2.00 bits per heavy atom. The highest BCUT2D eigenvalue weighted by Crippen LogP contribution is 2.21. The van der Waals surface area contributed by atoms with Crippen LogP contribution in [-0.4, -0.2) is 52.8 Å². The van der Waals surface area contributed by atoms with E-state index in [0.717, 1.165) is 30.9 Å². The Morgan fingerprint density at radius 1 is 1.19 bits per heavy atom. The molecular formula is C13H19N5O2S. The highest BCUT2D eigenvalue weighted by molar-refractivity contribution is 7.91. The highest BCUT2D eigenvalue weighted by Gasteiger charge is 2.25. The maximum absolute atomic E-state index is 11.7. The average Bonchev–Trinajstić information content (AvgIpc) is 2.61. The van der Waals surface area contributed by atoms with Crippen molar-refractivity contribution in [2.45, 2.75) is 31.4 Å². The fraction of sp³-hybridized carbons (Fsp3) is 0.615. The second kappa shape index (κ2) is 5.25. The molecule has 21 heavy (non-hydrogen) atoms. The molecule has 3 rings (SSSR count). The molecule has 0 aromatic carbocycles. The van der Waals surface area contributed by atoms with Gasteiger partial charge in [-0.3, -0.25) is 0 Å². The number of fused-ring (bicyclic) bond motifs is 1. The third kappa shape index (κ3) is 2.99. The van der Waals surface area contributed by atoms with Crippen LogP contribution in [-0.2, 0) is 9.84 Å². The Labute approximate surface area is 123 Å². The lowest BCUT2D eigenvalue weighted by Gasteiger charge is -2.21. The molecule has 0 aliphatic carbocycles. The number of sulfone groups is 1. The minimum atomic E-state index is -2.96. The molecule has 0 saturated carbocycles. The topological polar surface area (TPSA) is 80.5 Å². The predicted molar refractivity (Wildman–Crippen MR) is 80.2 cm³/mol. The standard InChI is InChI=1S/C13H19N5O2S/c1-10-14-12-5-6-13(16-18(12)15-10)17-8-3-4-11(7-9-17)21(2,19)20/h5-6,11H,3-4,7-9H2,1-2H3/t11-/m0/s1. The lowest BCUT2D eigenvalue weighted by Crippen LogP contribution is -2.27. The van der Waals surface area contributed by atoms with E-state index in [1.54, 1.807) is 0 Å². The lowest BCUT2D eigenvalue weighted by molar-refractivity contribution is 0.573. The number of aromatic nitrogens is 4. The van der Waals surface area contributed by atoms with Gasteiger partial charge in [-0.1, -0.05) is 0 Å². The summed E-state index contributed by atoms with van der Waals surface area (Å²) in [7, 11) is -2.96. The van der Waals surface area contributed by atoms with Gasteiger partial charge in [-0.05, 0) is 38.3 Å². The molecule has 0 spiro atoms. The summed E-state index contributed by atoms with van der Waals surface area (Å²) in [6, 6.07) is 3.81. The number of aryl methyl sites for hydroxylation is 1. The summed E-state index contributed by atoms with van der Waals surface area (Å²) in [5.41, 5.74) is 0.722. The Bertz CT molecular complexity index is 755. The molecule has 0 bridgehead atoms. The van der Waals surface area contributed by atoms with Gasteiger partial charge in [0.1, 0.15) is 15.7 Å². The van der Waals surface area contributed by atoms with Gasteiger partial charge in [-0.15, -0.1) is 14.8 Å². The van der Waals surface area contributed by atoms with Crippen molar-refractivity contribution in [3.05, 3.63) is 18.0 Å². The maximum Gasteiger partial charge on any atom is 0.176 e. The van der Waals surface area contributed by atoms with Crippen molar-refractivity contribution in [1.82, 2.24) is 19.8 Å². The van der Waals surface area contributed by atoms with E-state index in [1.807, 2.05) is 19.1 Å². The largest absolute Gasteiger partial charge is 0.355 e. The van der Waals surface area contributed by atoms with Crippen LogP contribution in [0.5, 0.6) is 0 Å². The number of hydrogen-bond acceptors (Lipinski definition) is 6. The monoisotopic (exact) mass is 309 g/mol. The molecule has 1 atom stereocenters. The second-order valence-corrected chi connectivity index (χ2v) is 7.89. The molecule has 1 aliphatic rings. The first-order valence-corrected chi connectivity index (χ1v) is 9.03. The third-order valence-electron chi connectivity index (χ3n) is 3.90. The Kier molecular flexibility index (Phi) is 3.56. The van der Waals surface area contributed by atoms with E-state index in [1.165, 1.54) is 10.9 Å². The van der Waals surface area contributed by atoms with Crippen LogP contribution in [0.4, 0.5) is 5.82 Å². The Balaban J connectivity index is 1.82. The van der Waals surface area contributed by atoms with Gasteiger partial charge in [0.15, 0.2) is 11.5 Å². The van der Waals surface area contributed by atoms with Crippen LogP contribution < -0.4 is 4.90 Å². The highest BCUT2D eigenvalue weighted by atomic mass is 32.2. The van der Waals surface area contributed by atoms with E-state index >= 15 is 0 Å². The van der Waals surface area contributed by atoms with Crippen molar-refractivity contribution in [2.75, 3.05) is 24.2 Å². The minimum Gasteiger partial charge on any atom is -0.355 e. The van der Waals surface area contributed by atoms with Crippen molar-refractivity contribution in [1.29, 1.82) is 0 Å². The van der Waals surface area contributed by atoms with Crippen molar-refractivity contribution in [3.63, 3.8) is 0 Å². The van der Waals surface area contributed by atoms with Gasteiger partial charge >= 0.3 is 0 Å². The predicted octanol–water partition coefficient (Wildman–Crippen LogP) is 0.836. The van der Waals surface area contributed by atoms with E-state index in [-0.39, 0.29) is 5.25 Å². The molecule has 1 saturated heterocycles. The summed E-state index contributed by atoms with van der Waals surface area (Å²) in [6.07, 6.45) is 3.55. The SMILES string of the molecule is Cc1nc2ccc(N3CCC[C@H](S(C)(=O)=O)CC3)nn2n1. The first-order chi connectivity index (χ1) is 9.93. The maximum atomic E-state index is 11.7. The molecular weight excluding hydrogens is 290 g/mol. The summed E-state index contributed by atoms with van der Waals surface area (Å²) in [5, 5.41) is 8.45. The molecule has 2 aromatic rings. The van der Waals surface area contributed by atoms with Crippen LogP contribution in [0.15, 0.2) is 12.1 Å².